The lowest BCUT2D eigenvalue weighted by Gasteiger charge is -2.07. The van der Waals surface area contributed by atoms with Crippen LogP contribution in [0.25, 0.3) is 11.8 Å². The number of aromatic nitrogens is 2. The van der Waals surface area contributed by atoms with Crippen molar-refractivity contribution in [3.05, 3.63) is 52.6 Å². The molecule has 0 unspecified atom stereocenters. The highest BCUT2D eigenvalue weighted by Gasteiger charge is 2.13. The van der Waals surface area contributed by atoms with Crippen molar-refractivity contribution in [1.29, 1.82) is 0 Å². The Balaban J connectivity index is 2.07. The second-order valence-electron chi connectivity index (χ2n) is 5.84. The Bertz CT molecular complexity index is 829. The number of aryl methyl sites for hydroxylation is 1. The van der Waals surface area contributed by atoms with Crippen LogP contribution >= 0.6 is 11.6 Å². The summed E-state index contributed by atoms with van der Waals surface area (Å²) >= 11 is 6.31. The van der Waals surface area contributed by atoms with Gasteiger partial charge in [-0.3, -0.25) is 4.79 Å². The number of nitrogens with one attached hydrogen (secondary N) is 1. The Morgan fingerprint density at radius 3 is 2.62 bits per heavy atom. The van der Waals surface area contributed by atoms with Crippen molar-refractivity contribution < 1.29 is 18.7 Å². The van der Waals surface area contributed by atoms with Crippen LogP contribution in [-0.2, 0) is 14.3 Å². The second kappa shape index (κ2) is 8.62. The molecule has 1 heterocycles. The molecule has 26 heavy (non-hydrogen) atoms. The lowest BCUT2D eigenvalue weighted by Crippen LogP contribution is -2.33. The summed E-state index contributed by atoms with van der Waals surface area (Å²) in [6.07, 6.45) is 2.64. The van der Waals surface area contributed by atoms with Gasteiger partial charge in [0.15, 0.2) is 6.61 Å². The van der Waals surface area contributed by atoms with E-state index in [1.54, 1.807) is 19.1 Å². The smallest absolute Gasteiger partial charge is 0.331 e. The van der Waals surface area contributed by atoms with Gasteiger partial charge in [0.25, 0.3) is 5.91 Å². The first-order chi connectivity index (χ1) is 12.3. The summed E-state index contributed by atoms with van der Waals surface area (Å²) in [4.78, 5) is 23.2. The number of hydrogen-bond acceptors (Lipinski definition) is 4. The van der Waals surface area contributed by atoms with Crippen molar-refractivity contribution in [2.24, 2.45) is 0 Å². The van der Waals surface area contributed by atoms with Gasteiger partial charge in [-0.1, -0.05) is 11.6 Å². The summed E-state index contributed by atoms with van der Waals surface area (Å²) in [5.41, 5.74) is 1.70. The number of amides is 1. The molecule has 0 spiro atoms. The zero-order valence-electron chi connectivity index (χ0n) is 14.6. The largest absolute Gasteiger partial charge is 0.452 e. The topological polar surface area (TPSA) is 73.2 Å². The van der Waals surface area contributed by atoms with Gasteiger partial charge < -0.3 is 10.1 Å². The van der Waals surface area contributed by atoms with Crippen molar-refractivity contribution in [3.8, 4) is 5.69 Å². The number of benzene rings is 1. The maximum absolute atomic E-state index is 13.0. The van der Waals surface area contributed by atoms with Gasteiger partial charge in [0.05, 0.1) is 11.4 Å². The molecule has 0 saturated heterocycles. The van der Waals surface area contributed by atoms with Gasteiger partial charge in [-0.25, -0.2) is 13.9 Å². The third-order valence-electron chi connectivity index (χ3n) is 3.30. The van der Waals surface area contributed by atoms with Gasteiger partial charge >= 0.3 is 5.97 Å². The molecule has 0 atom stereocenters. The molecule has 1 aromatic heterocycles. The number of esters is 1. The van der Waals surface area contributed by atoms with Gasteiger partial charge in [-0.15, -0.1) is 0 Å². The third-order valence-corrected chi connectivity index (χ3v) is 3.66. The van der Waals surface area contributed by atoms with Crippen molar-refractivity contribution >= 4 is 29.6 Å². The molecule has 1 N–H and O–H groups in total. The van der Waals surface area contributed by atoms with Crippen LogP contribution in [0, 0.1) is 12.7 Å². The normalized spacial score (nSPS) is 11.2. The molecule has 2 rings (SSSR count). The number of nitrogens with zero attached hydrogens (tertiary/aromatic N) is 2. The predicted molar refractivity (Wildman–Crippen MR) is 96.5 cm³/mol. The summed E-state index contributed by atoms with van der Waals surface area (Å²) in [6, 6.07) is 5.66. The van der Waals surface area contributed by atoms with Gasteiger partial charge in [-0.05, 0) is 51.1 Å². The number of carbonyl (C=O) groups excluding carboxylic acids is 2. The highest BCUT2D eigenvalue weighted by atomic mass is 35.5. The Morgan fingerprint density at radius 1 is 1.35 bits per heavy atom. The Hall–Kier alpha value is -2.67. The first-order valence-corrected chi connectivity index (χ1v) is 8.31. The summed E-state index contributed by atoms with van der Waals surface area (Å²) in [5, 5.41) is 7.18. The monoisotopic (exact) mass is 379 g/mol. The molecule has 1 amide bonds. The van der Waals surface area contributed by atoms with E-state index < -0.39 is 5.97 Å². The first kappa shape index (κ1) is 19.7. The molecule has 0 bridgehead atoms. The van der Waals surface area contributed by atoms with Crippen molar-refractivity contribution in [2.45, 2.75) is 26.8 Å². The van der Waals surface area contributed by atoms with Crippen molar-refractivity contribution in [3.63, 3.8) is 0 Å². The molecular weight excluding hydrogens is 361 g/mol. The van der Waals surface area contributed by atoms with E-state index >= 15 is 0 Å². The molecule has 0 aliphatic heterocycles. The SMILES string of the molecule is Cc1nn(-c2ccc(F)cc2)c(Cl)c1/C=C/C(=O)OCC(=O)NC(C)C. The predicted octanol–water partition coefficient (Wildman–Crippen LogP) is 3.05. The summed E-state index contributed by atoms with van der Waals surface area (Å²) < 4.78 is 19.3. The molecule has 2 aromatic rings. The quantitative estimate of drug-likeness (QED) is 0.618. The van der Waals surface area contributed by atoms with Crippen LogP contribution in [0.15, 0.2) is 30.3 Å². The number of hydrogen-bond donors (Lipinski definition) is 1. The molecular formula is C18H19ClFN3O3. The fourth-order valence-corrected chi connectivity index (χ4v) is 2.49. The van der Waals surface area contributed by atoms with Crippen LogP contribution in [0.5, 0.6) is 0 Å². The van der Waals surface area contributed by atoms with E-state index in [9.17, 15) is 14.0 Å². The van der Waals surface area contributed by atoms with Crippen LogP contribution in [0.2, 0.25) is 5.15 Å². The minimum Gasteiger partial charge on any atom is -0.452 e. The van der Waals surface area contributed by atoms with E-state index in [1.807, 2.05) is 13.8 Å². The third kappa shape index (κ3) is 5.16. The molecule has 0 radical (unpaired) electrons. The van der Waals surface area contributed by atoms with Gasteiger partial charge in [0.1, 0.15) is 11.0 Å². The maximum Gasteiger partial charge on any atom is 0.331 e. The van der Waals surface area contributed by atoms with E-state index in [-0.39, 0.29) is 29.5 Å². The number of halogens is 2. The Kier molecular flexibility index (Phi) is 6.52. The molecule has 8 heteroatoms. The zero-order chi connectivity index (χ0) is 19.3. The molecule has 138 valence electrons. The first-order valence-electron chi connectivity index (χ1n) is 7.93. The van der Waals surface area contributed by atoms with Crippen molar-refractivity contribution in [2.75, 3.05) is 6.61 Å². The van der Waals surface area contributed by atoms with E-state index in [0.717, 1.165) is 0 Å². The standard InChI is InChI=1S/C18H19ClFN3O3/c1-11(2)21-16(24)10-26-17(25)9-8-15-12(3)22-23(18(15)19)14-6-4-13(20)5-7-14/h4-9,11H,10H2,1-3H3,(H,21,24)/b9-8+. The number of carbonyl (C=O) groups is 2. The van der Waals surface area contributed by atoms with E-state index in [0.29, 0.717) is 16.9 Å². The van der Waals surface area contributed by atoms with Crippen LogP contribution in [-0.4, -0.2) is 34.3 Å². The van der Waals surface area contributed by atoms with Crippen molar-refractivity contribution in [1.82, 2.24) is 15.1 Å². The van der Waals surface area contributed by atoms with Gasteiger partial charge in [0, 0.05) is 17.7 Å². The molecule has 1 aromatic carbocycles. The van der Waals surface area contributed by atoms with E-state index in [1.165, 1.54) is 29.0 Å². The molecule has 6 nitrogen and oxygen atoms in total. The van der Waals surface area contributed by atoms with Crippen LogP contribution in [0.4, 0.5) is 4.39 Å². The van der Waals surface area contributed by atoms with Crippen LogP contribution in [0.3, 0.4) is 0 Å². The molecule has 0 aliphatic carbocycles. The Morgan fingerprint density at radius 2 is 2.00 bits per heavy atom. The second-order valence-corrected chi connectivity index (χ2v) is 6.20. The molecule has 0 fully saturated rings. The van der Waals surface area contributed by atoms with Crippen LogP contribution in [0.1, 0.15) is 25.1 Å². The van der Waals surface area contributed by atoms with E-state index in [2.05, 4.69) is 10.4 Å². The van der Waals surface area contributed by atoms with Gasteiger partial charge in [0.2, 0.25) is 0 Å². The highest BCUT2D eigenvalue weighted by Crippen LogP contribution is 2.24. The Labute approximate surface area is 155 Å². The zero-order valence-corrected chi connectivity index (χ0v) is 15.4. The maximum atomic E-state index is 13.0. The average molecular weight is 380 g/mol. The number of ether oxygens (including phenoxy) is 1. The fraction of sp³-hybridized carbons (Fsp3) is 0.278. The summed E-state index contributed by atoms with van der Waals surface area (Å²) in [5.74, 6) is -1.41. The minimum atomic E-state index is -0.672. The fourth-order valence-electron chi connectivity index (χ4n) is 2.15. The molecule has 0 saturated carbocycles. The average Bonchev–Trinajstić information content (AvgIpc) is 2.85. The highest BCUT2D eigenvalue weighted by molar-refractivity contribution is 6.31. The minimum absolute atomic E-state index is 0.0319. The summed E-state index contributed by atoms with van der Waals surface area (Å²) in [7, 11) is 0. The van der Waals surface area contributed by atoms with Crippen LogP contribution < -0.4 is 5.32 Å². The molecule has 0 aliphatic rings. The van der Waals surface area contributed by atoms with E-state index in [4.69, 9.17) is 16.3 Å². The van der Waals surface area contributed by atoms with Gasteiger partial charge in [-0.2, -0.15) is 5.10 Å². The summed E-state index contributed by atoms with van der Waals surface area (Å²) in [6.45, 7) is 4.99. The number of rotatable bonds is 6. The lowest BCUT2D eigenvalue weighted by molar-refractivity contribution is -0.143. The lowest BCUT2D eigenvalue weighted by atomic mass is 10.2.